The Morgan fingerprint density at radius 3 is 1.96 bits per heavy atom. The lowest BCUT2D eigenvalue weighted by atomic mass is 10.1. The summed E-state index contributed by atoms with van der Waals surface area (Å²) in [5, 5.41) is 0.420. The number of carbonyl (C=O) groups excluding carboxylic acids is 3. The Morgan fingerprint density at radius 2 is 1.48 bits per heavy atom. The van der Waals surface area contributed by atoms with Gasteiger partial charge in [-0.2, -0.15) is 0 Å². The van der Waals surface area contributed by atoms with Crippen molar-refractivity contribution in [3.63, 3.8) is 0 Å². The molecule has 1 heterocycles. The number of carbonyl (C=O) groups is 3. The molecule has 1 unspecified atom stereocenters. The predicted molar refractivity (Wildman–Crippen MR) is 90.3 cm³/mol. The fraction of sp³-hybridized carbons (Fsp3) is 0.167. The van der Waals surface area contributed by atoms with E-state index >= 15 is 0 Å². The molecule has 1 aliphatic heterocycles. The normalized spacial score (nSPS) is 14.6. The maximum atomic E-state index is 12.2. The highest BCUT2D eigenvalue weighted by molar-refractivity contribution is 7.85. The largest absolute Gasteiger partial charge is 0.363 e. The van der Waals surface area contributed by atoms with Crippen LogP contribution in [0.2, 0.25) is 0 Å². The Labute approximate surface area is 146 Å². The standard InChI is InChI=1S/C18H15NO5S/c1-11(2)25(23)13-9-7-12(8-10-13)18(22)24-19-16(20)14-5-3-4-6-15(14)17(19)21/h3-11H,1-2H3. The van der Waals surface area contributed by atoms with E-state index in [1.165, 1.54) is 24.3 Å². The number of rotatable bonds is 4. The predicted octanol–water partition coefficient (Wildman–Crippen LogP) is 2.57. The fourth-order valence-electron chi connectivity index (χ4n) is 2.38. The average molecular weight is 357 g/mol. The van der Waals surface area contributed by atoms with Crippen LogP contribution in [0.4, 0.5) is 0 Å². The zero-order valence-electron chi connectivity index (χ0n) is 13.6. The summed E-state index contributed by atoms with van der Waals surface area (Å²) in [5.41, 5.74) is 0.548. The van der Waals surface area contributed by atoms with E-state index in [-0.39, 0.29) is 21.9 Å². The first-order valence-electron chi connectivity index (χ1n) is 7.61. The van der Waals surface area contributed by atoms with Crippen LogP contribution in [-0.2, 0) is 15.6 Å². The summed E-state index contributed by atoms with van der Waals surface area (Å²) >= 11 is 0. The van der Waals surface area contributed by atoms with Gasteiger partial charge in [-0.15, -0.1) is 0 Å². The van der Waals surface area contributed by atoms with Gasteiger partial charge in [0.2, 0.25) is 0 Å². The first kappa shape index (κ1) is 17.0. The van der Waals surface area contributed by atoms with Crippen LogP contribution in [0.15, 0.2) is 53.4 Å². The van der Waals surface area contributed by atoms with E-state index in [1.54, 1.807) is 24.3 Å². The van der Waals surface area contributed by atoms with Gasteiger partial charge in [0, 0.05) is 10.1 Å². The second kappa shape index (κ2) is 6.60. The molecule has 128 valence electrons. The summed E-state index contributed by atoms with van der Waals surface area (Å²) in [6.45, 7) is 3.67. The SMILES string of the molecule is CC(C)S(=O)c1ccc(C(=O)ON2C(=O)c3ccccc3C2=O)cc1. The molecule has 2 aromatic rings. The second-order valence-electron chi connectivity index (χ2n) is 5.70. The van der Waals surface area contributed by atoms with Crippen molar-refractivity contribution in [2.24, 2.45) is 0 Å². The van der Waals surface area contributed by atoms with Crippen molar-refractivity contribution in [2.75, 3.05) is 0 Å². The Morgan fingerprint density at radius 1 is 0.960 bits per heavy atom. The first-order valence-corrected chi connectivity index (χ1v) is 8.82. The molecule has 6 nitrogen and oxygen atoms in total. The van der Waals surface area contributed by atoms with E-state index in [0.29, 0.717) is 9.96 Å². The van der Waals surface area contributed by atoms with E-state index in [0.717, 1.165) is 0 Å². The van der Waals surface area contributed by atoms with Crippen LogP contribution >= 0.6 is 0 Å². The van der Waals surface area contributed by atoms with Crippen LogP contribution in [0.25, 0.3) is 0 Å². The molecule has 0 aliphatic carbocycles. The zero-order valence-corrected chi connectivity index (χ0v) is 14.4. The molecule has 0 fully saturated rings. The maximum Gasteiger partial charge on any atom is 0.363 e. The molecule has 0 N–H and O–H groups in total. The molecule has 2 aromatic carbocycles. The van der Waals surface area contributed by atoms with Crippen LogP contribution < -0.4 is 0 Å². The topological polar surface area (TPSA) is 80.8 Å². The van der Waals surface area contributed by atoms with Crippen molar-refractivity contribution >= 4 is 28.6 Å². The fourth-order valence-corrected chi connectivity index (χ4v) is 3.33. The molecule has 0 bridgehead atoms. The van der Waals surface area contributed by atoms with Gasteiger partial charge in [0.15, 0.2) is 0 Å². The highest BCUT2D eigenvalue weighted by Gasteiger charge is 2.38. The van der Waals surface area contributed by atoms with E-state index in [1.807, 2.05) is 13.8 Å². The van der Waals surface area contributed by atoms with Crippen LogP contribution in [0.1, 0.15) is 44.9 Å². The van der Waals surface area contributed by atoms with Gasteiger partial charge in [-0.25, -0.2) is 4.79 Å². The minimum absolute atomic E-state index is 0.0452. The lowest BCUT2D eigenvalue weighted by molar-refractivity contribution is -0.0584. The molecule has 7 heteroatoms. The third-order valence-electron chi connectivity index (χ3n) is 3.68. The lowest BCUT2D eigenvalue weighted by Crippen LogP contribution is -2.32. The molecule has 0 radical (unpaired) electrons. The number of hydroxylamine groups is 2. The van der Waals surface area contributed by atoms with Gasteiger partial charge in [0.1, 0.15) is 0 Å². The Balaban J connectivity index is 1.76. The molecular formula is C18H15NO5S. The number of hydrogen-bond donors (Lipinski definition) is 0. The molecule has 0 saturated heterocycles. The highest BCUT2D eigenvalue weighted by Crippen LogP contribution is 2.23. The van der Waals surface area contributed by atoms with E-state index < -0.39 is 28.6 Å². The minimum atomic E-state index is -1.17. The van der Waals surface area contributed by atoms with Crippen LogP contribution in [-0.4, -0.2) is 32.3 Å². The maximum absolute atomic E-state index is 12.2. The molecule has 0 aromatic heterocycles. The van der Waals surface area contributed by atoms with Crippen molar-refractivity contribution in [1.82, 2.24) is 5.06 Å². The number of amides is 2. The van der Waals surface area contributed by atoms with Gasteiger partial charge in [0.25, 0.3) is 11.8 Å². The van der Waals surface area contributed by atoms with Gasteiger partial charge in [-0.3, -0.25) is 13.8 Å². The number of fused-ring (bicyclic) bond motifs is 1. The molecule has 25 heavy (non-hydrogen) atoms. The quantitative estimate of drug-likeness (QED) is 0.786. The van der Waals surface area contributed by atoms with E-state index in [2.05, 4.69) is 0 Å². The second-order valence-corrected chi connectivity index (χ2v) is 7.71. The molecule has 1 aliphatic rings. The van der Waals surface area contributed by atoms with Crippen molar-refractivity contribution in [3.8, 4) is 0 Å². The third-order valence-corrected chi connectivity index (χ3v) is 5.27. The molecule has 0 saturated carbocycles. The van der Waals surface area contributed by atoms with Gasteiger partial charge in [0.05, 0.1) is 27.5 Å². The molecule has 1 atom stereocenters. The van der Waals surface area contributed by atoms with Gasteiger partial charge in [-0.05, 0) is 36.4 Å². The monoisotopic (exact) mass is 357 g/mol. The number of imide groups is 1. The summed E-state index contributed by atoms with van der Waals surface area (Å²) in [5.74, 6) is -2.19. The number of nitrogens with zero attached hydrogens (tertiary/aromatic N) is 1. The Hall–Kier alpha value is -2.80. The minimum Gasteiger partial charge on any atom is -0.324 e. The zero-order chi connectivity index (χ0) is 18.1. The first-order chi connectivity index (χ1) is 11.9. The van der Waals surface area contributed by atoms with Crippen molar-refractivity contribution in [3.05, 3.63) is 65.2 Å². The summed E-state index contributed by atoms with van der Waals surface area (Å²) < 4.78 is 12.0. The average Bonchev–Trinajstić information content (AvgIpc) is 2.86. The molecule has 2 amide bonds. The molecular weight excluding hydrogens is 342 g/mol. The Bertz CT molecular complexity index is 854. The van der Waals surface area contributed by atoms with Crippen molar-refractivity contribution in [2.45, 2.75) is 24.0 Å². The smallest absolute Gasteiger partial charge is 0.324 e. The van der Waals surface area contributed by atoms with Crippen molar-refractivity contribution in [1.29, 1.82) is 0 Å². The van der Waals surface area contributed by atoms with Crippen LogP contribution in [0.3, 0.4) is 0 Å². The van der Waals surface area contributed by atoms with E-state index in [4.69, 9.17) is 4.84 Å². The van der Waals surface area contributed by atoms with Gasteiger partial charge >= 0.3 is 5.97 Å². The summed E-state index contributed by atoms with van der Waals surface area (Å²) in [6.07, 6.45) is 0. The number of hydrogen-bond acceptors (Lipinski definition) is 5. The third kappa shape index (κ3) is 3.10. The number of benzene rings is 2. The van der Waals surface area contributed by atoms with Crippen LogP contribution in [0, 0.1) is 0 Å². The molecule has 0 spiro atoms. The summed E-state index contributed by atoms with van der Waals surface area (Å²) in [7, 11) is -1.17. The van der Waals surface area contributed by atoms with Gasteiger partial charge in [-0.1, -0.05) is 31.0 Å². The van der Waals surface area contributed by atoms with Crippen molar-refractivity contribution < 1.29 is 23.4 Å². The Kier molecular flexibility index (Phi) is 4.50. The highest BCUT2D eigenvalue weighted by atomic mass is 32.2. The molecule has 3 rings (SSSR count). The van der Waals surface area contributed by atoms with Crippen LogP contribution in [0.5, 0.6) is 0 Å². The summed E-state index contributed by atoms with van der Waals surface area (Å²) in [4.78, 5) is 42.1. The van der Waals surface area contributed by atoms with E-state index in [9.17, 15) is 18.6 Å². The lowest BCUT2D eigenvalue weighted by Gasteiger charge is -2.13. The van der Waals surface area contributed by atoms with Gasteiger partial charge < -0.3 is 4.84 Å². The summed E-state index contributed by atoms with van der Waals surface area (Å²) in [6, 6.07) is 12.3.